The second-order valence-electron chi connectivity index (χ2n) is 5.17. The smallest absolute Gasteiger partial charge is 0.228 e. The molecule has 21 heavy (non-hydrogen) atoms. The largest absolute Gasteiger partial charge is 0.398 e. The van der Waals surface area contributed by atoms with Gasteiger partial charge in [0.15, 0.2) is 0 Å². The summed E-state index contributed by atoms with van der Waals surface area (Å²) in [5, 5.41) is 4.67. The molecule has 3 rings (SSSR count). The van der Waals surface area contributed by atoms with Gasteiger partial charge in [0.2, 0.25) is 5.91 Å². The Morgan fingerprint density at radius 1 is 1.43 bits per heavy atom. The first-order valence-electron chi connectivity index (χ1n) is 7.01. The van der Waals surface area contributed by atoms with Crippen molar-refractivity contribution >= 4 is 28.9 Å². The standard InChI is InChI=1S/C15H17ClN4O/c16-11-9-18-19(10-11)8-6-15(21)20-7-2-3-12-13(17)4-1-5-14(12)20/h1,4-5,9-10H,2-3,6-8,17H2. The lowest BCUT2D eigenvalue weighted by Gasteiger charge is -2.30. The molecule has 1 aliphatic rings. The number of carbonyl (C=O) groups excluding carboxylic acids is 1. The maximum absolute atomic E-state index is 12.5. The molecule has 0 fully saturated rings. The Morgan fingerprint density at radius 3 is 3.05 bits per heavy atom. The first-order valence-corrected chi connectivity index (χ1v) is 7.38. The number of amides is 1. The van der Waals surface area contributed by atoms with Crippen LogP contribution in [0.5, 0.6) is 0 Å². The highest BCUT2D eigenvalue weighted by molar-refractivity contribution is 6.30. The highest BCUT2D eigenvalue weighted by Gasteiger charge is 2.23. The summed E-state index contributed by atoms with van der Waals surface area (Å²) >= 11 is 5.82. The quantitative estimate of drug-likeness (QED) is 0.886. The minimum absolute atomic E-state index is 0.0909. The summed E-state index contributed by atoms with van der Waals surface area (Å²) in [6, 6.07) is 5.75. The molecular formula is C15H17ClN4O. The number of halogens is 1. The third-order valence-electron chi connectivity index (χ3n) is 3.74. The Hall–Kier alpha value is -2.01. The van der Waals surface area contributed by atoms with Crippen LogP contribution in [-0.4, -0.2) is 22.2 Å². The van der Waals surface area contributed by atoms with E-state index in [0.29, 0.717) is 18.0 Å². The number of nitrogens with zero attached hydrogens (tertiary/aromatic N) is 3. The lowest BCUT2D eigenvalue weighted by atomic mass is 9.99. The molecule has 1 aromatic carbocycles. The molecule has 5 nitrogen and oxygen atoms in total. The van der Waals surface area contributed by atoms with Gasteiger partial charge in [-0.15, -0.1) is 0 Å². The van der Waals surface area contributed by atoms with E-state index in [-0.39, 0.29) is 5.91 Å². The monoisotopic (exact) mass is 304 g/mol. The topological polar surface area (TPSA) is 64.2 Å². The van der Waals surface area contributed by atoms with Gasteiger partial charge in [0.25, 0.3) is 0 Å². The van der Waals surface area contributed by atoms with Gasteiger partial charge in [-0.1, -0.05) is 17.7 Å². The fourth-order valence-corrected chi connectivity index (χ4v) is 2.87. The predicted octanol–water partition coefficient (Wildman–Crippen LogP) is 2.49. The molecule has 0 saturated heterocycles. The van der Waals surface area contributed by atoms with Gasteiger partial charge in [0, 0.05) is 37.1 Å². The highest BCUT2D eigenvalue weighted by atomic mass is 35.5. The number of aryl methyl sites for hydroxylation is 1. The van der Waals surface area contributed by atoms with Gasteiger partial charge in [0.1, 0.15) is 0 Å². The highest BCUT2D eigenvalue weighted by Crippen LogP contribution is 2.31. The Labute approximate surface area is 128 Å². The van der Waals surface area contributed by atoms with Gasteiger partial charge in [0.05, 0.1) is 11.2 Å². The Kier molecular flexibility index (Phi) is 3.84. The molecule has 0 atom stereocenters. The number of fused-ring (bicyclic) bond motifs is 1. The average Bonchev–Trinajstić information content (AvgIpc) is 2.90. The van der Waals surface area contributed by atoms with Crippen molar-refractivity contribution in [1.29, 1.82) is 0 Å². The van der Waals surface area contributed by atoms with Crippen molar-refractivity contribution in [2.24, 2.45) is 0 Å². The van der Waals surface area contributed by atoms with Crippen LogP contribution in [0, 0.1) is 0 Å². The Bertz CT molecular complexity index is 667. The number of anilines is 2. The molecule has 2 aromatic rings. The van der Waals surface area contributed by atoms with Crippen molar-refractivity contribution < 1.29 is 4.79 Å². The summed E-state index contributed by atoms with van der Waals surface area (Å²) in [6.45, 7) is 1.27. The minimum atomic E-state index is 0.0909. The number of hydrogen-bond acceptors (Lipinski definition) is 3. The molecule has 0 spiro atoms. The zero-order valence-electron chi connectivity index (χ0n) is 11.6. The lowest BCUT2D eigenvalue weighted by molar-refractivity contribution is -0.118. The number of nitrogens with two attached hydrogens (primary N) is 1. The Morgan fingerprint density at radius 2 is 2.29 bits per heavy atom. The van der Waals surface area contributed by atoms with Crippen LogP contribution in [0.15, 0.2) is 30.6 Å². The van der Waals surface area contributed by atoms with Crippen LogP contribution in [0.2, 0.25) is 5.02 Å². The van der Waals surface area contributed by atoms with Crippen molar-refractivity contribution in [1.82, 2.24) is 9.78 Å². The van der Waals surface area contributed by atoms with Crippen LogP contribution >= 0.6 is 11.6 Å². The van der Waals surface area contributed by atoms with E-state index in [2.05, 4.69) is 5.10 Å². The maximum Gasteiger partial charge on any atom is 0.228 e. The van der Waals surface area contributed by atoms with E-state index in [1.165, 1.54) is 0 Å². The molecule has 2 heterocycles. The average molecular weight is 305 g/mol. The molecule has 0 radical (unpaired) electrons. The van der Waals surface area contributed by atoms with Gasteiger partial charge in [-0.2, -0.15) is 5.10 Å². The van der Waals surface area contributed by atoms with E-state index in [1.807, 2.05) is 23.1 Å². The van der Waals surface area contributed by atoms with Gasteiger partial charge in [-0.3, -0.25) is 9.48 Å². The molecule has 0 bridgehead atoms. The SMILES string of the molecule is Nc1cccc2c1CCCN2C(=O)CCn1cc(Cl)cn1. The molecule has 0 aliphatic carbocycles. The van der Waals surface area contributed by atoms with Gasteiger partial charge in [-0.05, 0) is 30.5 Å². The summed E-state index contributed by atoms with van der Waals surface area (Å²) in [5.41, 5.74) is 8.80. The molecule has 0 unspecified atom stereocenters. The van der Waals surface area contributed by atoms with Crippen molar-refractivity contribution in [3.8, 4) is 0 Å². The summed E-state index contributed by atoms with van der Waals surface area (Å²) in [4.78, 5) is 14.3. The van der Waals surface area contributed by atoms with E-state index >= 15 is 0 Å². The van der Waals surface area contributed by atoms with Gasteiger partial charge >= 0.3 is 0 Å². The first-order chi connectivity index (χ1) is 10.1. The molecule has 2 N–H and O–H groups in total. The zero-order chi connectivity index (χ0) is 14.8. The Balaban J connectivity index is 1.73. The summed E-state index contributed by atoms with van der Waals surface area (Å²) in [7, 11) is 0. The van der Waals surface area contributed by atoms with E-state index in [4.69, 9.17) is 17.3 Å². The molecule has 1 aromatic heterocycles. The van der Waals surface area contributed by atoms with Crippen LogP contribution in [-0.2, 0) is 17.8 Å². The third kappa shape index (κ3) is 2.88. The number of aromatic nitrogens is 2. The van der Waals surface area contributed by atoms with Crippen molar-refractivity contribution in [3.63, 3.8) is 0 Å². The lowest BCUT2D eigenvalue weighted by Crippen LogP contribution is -2.36. The number of benzene rings is 1. The molecule has 110 valence electrons. The van der Waals surface area contributed by atoms with E-state index in [9.17, 15) is 4.79 Å². The summed E-state index contributed by atoms with van der Waals surface area (Å²) in [5.74, 6) is 0.0909. The first kappa shape index (κ1) is 13.9. The molecular weight excluding hydrogens is 288 g/mol. The zero-order valence-corrected chi connectivity index (χ0v) is 12.4. The fraction of sp³-hybridized carbons (Fsp3) is 0.333. The predicted molar refractivity (Wildman–Crippen MR) is 83.4 cm³/mol. The minimum Gasteiger partial charge on any atom is -0.398 e. The van der Waals surface area contributed by atoms with Gasteiger partial charge in [-0.25, -0.2) is 0 Å². The number of rotatable bonds is 3. The molecule has 1 amide bonds. The van der Waals surface area contributed by atoms with Crippen molar-refractivity contribution in [3.05, 3.63) is 41.2 Å². The maximum atomic E-state index is 12.5. The number of nitrogen functional groups attached to an aromatic ring is 1. The van der Waals surface area contributed by atoms with Crippen LogP contribution in [0.4, 0.5) is 11.4 Å². The molecule has 0 saturated carbocycles. The van der Waals surface area contributed by atoms with E-state index in [0.717, 1.165) is 36.3 Å². The van der Waals surface area contributed by atoms with Gasteiger partial charge < -0.3 is 10.6 Å². The third-order valence-corrected chi connectivity index (χ3v) is 3.94. The van der Waals surface area contributed by atoms with Crippen molar-refractivity contribution in [2.45, 2.75) is 25.8 Å². The van der Waals surface area contributed by atoms with E-state index in [1.54, 1.807) is 17.1 Å². The van der Waals surface area contributed by atoms with Crippen LogP contribution in [0.3, 0.4) is 0 Å². The molecule has 6 heteroatoms. The normalized spacial score (nSPS) is 14.0. The second kappa shape index (κ2) is 5.77. The molecule has 1 aliphatic heterocycles. The van der Waals surface area contributed by atoms with Crippen molar-refractivity contribution in [2.75, 3.05) is 17.2 Å². The fourth-order valence-electron chi connectivity index (χ4n) is 2.72. The number of hydrogen-bond donors (Lipinski definition) is 1. The second-order valence-corrected chi connectivity index (χ2v) is 5.60. The summed E-state index contributed by atoms with van der Waals surface area (Å²) in [6.07, 6.45) is 5.56. The number of carbonyl (C=O) groups is 1. The van der Waals surface area contributed by atoms with Crippen LogP contribution in [0.1, 0.15) is 18.4 Å². The van der Waals surface area contributed by atoms with Crippen LogP contribution in [0.25, 0.3) is 0 Å². The summed E-state index contributed by atoms with van der Waals surface area (Å²) < 4.78 is 1.68. The van der Waals surface area contributed by atoms with Crippen LogP contribution < -0.4 is 10.6 Å². The van der Waals surface area contributed by atoms with E-state index < -0.39 is 0 Å².